The molecule has 0 radical (unpaired) electrons. The van der Waals surface area contributed by atoms with E-state index in [4.69, 9.17) is 9.47 Å². The summed E-state index contributed by atoms with van der Waals surface area (Å²) in [6.45, 7) is 6.27. The number of ether oxygens (including phenoxy) is 2. The molecular formula is C21H24N2O4. The lowest BCUT2D eigenvalue weighted by Gasteiger charge is -2.13. The normalized spacial score (nSPS) is 14.9. The van der Waals surface area contributed by atoms with Crippen molar-refractivity contribution < 1.29 is 19.1 Å². The second-order valence-electron chi connectivity index (χ2n) is 6.58. The van der Waals surface area contributed by atoms with Gasteiger partial charge in [-0.15, -0.1) is 0 Å². The Kier molecular flexibility index (Phi) is 5.64. The number of benzene rings is 2. The molecule has 0 saturated carbocycles. The van der Waals surface area contributed by atoms with Crippen molar-refractivity contribution in [1.29, 1.82) is 0 Å². The van der Waals surface area contributed by atoms with E-state index in [1.807, 2.05) is 26.0 Å². The minimum absolute atomic E-state index is 0.149. The highest BCUT2D eigenvalue weighted by Crippen LogP contribution is 2.35. The van der Waals surface area contributed by atoms with Gasteiger partial charge in [0.2, 0.25) is 5.91 Å². The number of amides is 2. The summed E-state index contributed by atoms with van der Waals surface area (Å²) >= 11 is 0. The lowest BCUT2D eigenvalue weighted by atomic mass is 10.1. The van der Waals surface area contributed by atoms with Gasteiger partial charge >= 0.3 is 0 Å². The molecule has 1 heterocycles. The van der Waals surface area contributed by atoms with Crippen molar-refractivity contribution in [2.75, 3.05) is 11.9 Å². The average Bonchev–Trinajstić information content (AvgIpc) is 2.98. The van der Waals surface area contributed by atoms with Crippen LogP contribution in [0.3, 0.4) is 0 Å². The Bertz CT molecular complexity index is 863. The molecule has 0 saturated heterocycles. The Morgan fingerprint density at radius 3 is 2.81 bits per heavy atom. The zero-order valence-electron chi connectivity index (χ0n) is 15.8. The summed E-state index contributed by atoms with van der Waals surface area (Å²) in [4.78, 5) is 23.7. The second-order valence-corrected chi connectivity index (χ2v) is 6.58. The van der Waals surface area contributed by atoms with Crippen LogP contribution in [0.2, 0.25) is 0 Å². The molecule has 6 heteroatoms. The van der Waals surface area contributed by atoms with Gasteiger partial charge in [0.25, 0.3) is 5.91 Å². The SMILES string of the molecule is CCOc1cc2c(cc1CNC(=O)c1cccc(NC(C)=O)c1)OC(C)C2. The molecule has 2 N–H and O–H groups in total. The van der Waals surface area contributed by atoms with Crippen LogP contribution in [0.4, 0.5) is 5.69 Å². The number of hydrogen-bond acceptors (Lipinski definition) is 4. The Balaban J connectivity index is 1.73. The standard InChI is InChI=1S/C21H24N2O4/c1-4-26-19-10-16-8-13(2)27-20(16)11-17(19)12-22-21(25)15-6-5-7-18(9-15)23-14(3)24/h5-7,9-11,13H,4,8,12H2,1-3H3,(H,22,25)(H,23,24). The fourth-order valence-electron chi connectivity index (χ4n) is 3.13. The number of anilines is 1. The molecule has 1 aliphatic heterocycles. The first-order chi connectivity index (χ1) is 13.0. The van der Waals surface area contributed by atoms with Crippen LogP contribution < -0.4 is 20.1 Å². The number of rotatable bonds is 6. The molecule has 0 fully saturated rings. The summed E-state index contributed by atoms with van der Waals surface area (Å²) in [5, 5.41) is 5.59. The van der Waals surface area contributed by atoms with E-state index in [0.717, 1.165) is 29.0 Å². The van der Waals surface area contributed by atoms with Gasteiger partial charge < -0.3 is 20.1 Å². The molecule has 6 nitrogen and oxygen atoms in total. The topological polar surface area (TPSA) is 76.7 Å². The maximum atomic E-state index is 12.5. The molecule has 0 bridgehead atoms. The Hall–Kier alpha value is -3.02. The van der Waals surface area contributed by atoms with Gasteiger partial charge in [0.15, 0.2) is 0 Å². The predicted octanol–water partition coefficient (Wildman–Crippen LogP) is 3.30. The van der Waals surface area contributed by atoms with Gasteiger partial charge in [-0.1, -0.05) is 6.07 Å². The van der Waals surface area contributed by atoms with Gasteiger partial charge in [-0.25, -0.2) is 0 Å². The number of carbonyl (C=O) groups is 2. The molecule has 1 aliphatic rings. The van der Waals surface area contributed by atoms with E-state index in [2.05, 4.69) is 10.6 Å². The molecule has 142 valence electrons. The molecule has 3 rings (SSSR count). The molecule has 0 aromatic heterocycles. The van der Waals surface area contributed by atoms with Gasteiger partial charge in [-0.3, -0.25) is 9.59 Å². The van der Waals surface area contributed by atoms with E-state index in [9.17, 15) is 9.59 Å². The largest absolute Gasteiger partial charge is 0.494 e. The molecule has 2 amide bonds. The minimum atomic E-state index is -0.223. The van der Waals surface area contributed by atoms with E-state index in [1.165, 1.54) is 6.92 Å². The first-order valence-electron chi connectivity index (χ1n) is 9.07. The molecule has 27 heavy (non-hydrogen) atoms. The molecule has 1 atom stereocenters. The second kappa shape index (κ2) is 8.12. The van der Waals surface area contributed by atoms with Crippen LogP contribution in [-0.2, 0) is 17.8 Å². The van der Waals surface area contributed by atoms with Crippen molar-refractivity contribution in [1.82, 2.24) is 5.32 Å². The summed E-state index contributed by atoms with van der Waals surface area (Å²) in [5.74, 6) is 1.21. The zero-order chi connectivity index (χ0) is 19.4. The van der Waals surface area contributed by atoms with Crippen LogP contribution >= 0.6 is 0 Å². The number of carbonyl (C=O) groups excluding carboxylic acids is 2. The Labute approximate surface area is 158 Å². The Morgan fingerprint density at radius 2 is 2.07 bits per heavy atom. The van der Waals surface area contributed by atoms with Crippen LogP contribution in [0, 0.1) is 0 Å². The van der Waals surface area contributed by atoms with Crippen LogP contribution in [0.25, 0.3) is 0 Å². The fraction of sp³-hybridized carbons (Fsp3) is 0.333. The average molecular weight is 368 g/mol. The van der Waals surface area contributed by atoms with Crippen molar-refractivity contribution in [3.63, 3.8) is 0 Å². The predicted molar refractivity (Wildman–Crippen MR) is 103 cm³/mol. The molecule has 2 aromatic rings. The highest BCUT2D eigenvalue weighted by atomic mass is 16.5. The summed E-state index contributed by atoms with van der Waals surface area (Å²) in [7, 11) is 0. The van der Waals surface area contributed by atoms with Crippen molar-refractivity contribution in [2.24, 2.45) is 0 Å². The van der Waals surface area contributed by atoms with Crippen LogP contribution in [-0.4, -0.2) is 24.5 Å². The van der Waals surface area contributed by atoms with E-state index in [0.29, 0.717) is 24.4 Å². The monoisotopic (exact) mass is 368 g/mol. The summed E-state index contributed by atoms with van der Waals surface area (Å²) in [5.41, 5.74) is 3.07. The van der Waals surface area contributed by atoms with E-state index < -0.39 is 0 Å². The van der Waals surface area contributed by atoms with Gasteiger partial charge in [0, 0.05) is 42.3 Å². The quantitative estimate of drug-likeness (QED) is 0.820. The fourth-order valence-corrected chi connectivity index (χ4v) is 3.13. The first kappa shape index (κ1) is 18.8. The third kappa shape index (κ3) is 4.58. The highest BCUT2D eigenvalue weighted by Gasteiger charge is 2.22. The molecule has 0 aliphatic carbocycles. The maximum absolute atomic E-state index is 12.5. The summed E-state index contributed by atoms with van der Waals surface area (Å²) < 4.78 is 11.6. The third-order valence-corrected chi connectivity index (χ3v) is 4.26. The Morgan fingerprint density at radius 1 is 1.26 bits per heavy atom. The molecular weight excluding hydrogens is 344 g/mol. The smallest absolute Gasteiger partial charge is 0.251 e. The lowest BCUT2D eigenvalue weighted by Crippen LogP contribution is -2.23. The van der Waals surface area contributed by atoms with Gasteiger partial charge in [0.05, 0.1) is 6.61 Å². The van der Waals surface area contributed by atoms with Crippen molar-refractivity contribution >= 4 is 17.5 Å². The van der Waals surface area contributed by atoms with Crippen molar-refractivity contribution in [2.45, 2.75) is 39.8 Å². The van der Waals surface area contributed by atoms with Gasteiger partial charge in [0.1, 0.15) is 17.6 Å². The van der Waals surface area contributed by atoms with Crippen molar-refractivity contribution in [3.8, 4) is 11.5 Å². The first-order valence-corrected chi connectivity index (χ1v) is 9.07. The molecule has 2 aromatic carbocycles. The van der Waals surface area contributed by atoms with E-state index >= 15 is 0 Å². The summed E-state index contributed by atoms with van der Waals surface area (Å²) in [6, 6.07) is 10.8. The zero-order valence-corrected chi connectivity index (χ0v) is 15.8. The van der Waals surface area contributed by atoms with E-state index in [1.54, 1.807) is 24.3 Å². The van der Waals surface area contributed by atoms with Crippen LogP contribution in [0.5, 0.6) is 11.5 Å². The van der Waals surface area contributed by atoms with Crippen LogP contribution in [0.15, 0.2) is 36.4 Å². The number of fused-ring (bicyclic) bond motifs is 1. The van der Waals surface area contributed by atoms with Gasteiger partial charge in [-0.05, 0) is 44.2 Å². The summed E-state index contributed by atoms with van der Waals surface area (Å²) in [6.07, 6.45) is 1.01. The molecule has 1 unspecified atom stereocenters. The number of hydrogen-bond donors (Lipinski definition) is 2. The number of nitrogens with one attached hydrogen (secondary N) is 2. The van der Waals surface area contributed by atoms with Gasteiger partial charge in [-0.2, -0.15) is 0 Å². The third-order valence-electron chi connectivity index (χ3n) is 4.26. The lowest BCUT2D eigenvalue weighted by molar-refractivity contribution is -0.114. The van der Waals surface area contributed by atoms with Crippen molar-refractivity contribution in [3.05, 3.63) is 53.1 Å². The highest BCUT2D eigenvalue weighted by molar-refractivity contribution is 5.96. The minimum Gasteiger partial charge on any atom is -0.494 e. The van der Waals surface area contributed by atoms with E-state index in [-0.39, 0.29) is 17.9 Å². The van der Waals surface area contributed by atoms with Crippen LogP contribution in [0.1, 0.15) is 42.3 Å². The maximum Gasteiger partial charge on any atom is 0.251 e. The molecule has 0 spiro atoms.